The first-order valence-electron chi connectivity index (χ1n) is 17.6. The van der Waals surface area contributed by atoms with Crippen LogP contribution in [0.3, 0.4) is 0 Å². The van der Waals surface area contributed by atoms with Crippen molar-refractivity contribution in [3.05, 3.63) is 140 Å². The summed E-state index contributed by atoms with van der Waals surface area (Å²) >= 11 is 6.04. The molecular weight excluding hydrogens is 676 g/mol. The topological polar surface area (TPSA) is 133 Å². The van der Waals surface area contributed by atoms with Gasteiger partial charge in [-0.25, -0.2) is 4.79 Å². The molecule has 0 aliphatic heterocycles. The van der Waals surface area contributed by atoms with Gasteiger partial charge in [0.15, 0.2) is 5.41 Å². The van der Waals surface area contributed by atoms with Gasteiger partial charge in [-0.15, -0.1) is 0 Å². The fraction of sp³-hybridized carbons (Fsp3) is 0.302. The van der Waals surface area contributed by atoms with Crippen molar-refractivity contribution >= 4 is 47.1 Å². The molecule has 0 saturated carbocycles. The van der Waals surface area contributed by atoms with Crippen molar-refractivity contribution in [3.8, 4) is 0 Å². The lowest BCUT2D eigenvalue weighted by molar-refractivity contribution is -0.153. The van der Waals surface area contributed by atoms with E-state index in [0.29, 0.717) is 10.6 Å². The van der Waals surface area contributed by atoms with Gasteiger partial charge in [-0.3, -0.25) is 14.4 Å². The number of carboxylic acids is 2. The van der Waals surface area contributed by atoms with Crippen LogP contribution >= 0.6 is 11.6 Å². The highest BCUT2D eigenvalue weighted by atomic mass is 35.5. The Labute approximate surface area is 308 Å². The predicted molar refractivity (Wildman–Crippen MR) is 203 cm³/mol. The van der Waals surface area contributed by atoms with E-state index in [0.717, 1.165) is 69.5 Å². The van der Waals surface area contributed by atoms with Crippen LogP contribution in [-0.4, -0.2) is 39.5 Å². The van der Waals surface area contributed by atoms with Crippen LogP contribution < -0.4 is 10.6 Å². The largest absolute Gasteiger partial charge is 0.480 e. The highest BCUT2D eigenvalue weighted by Crippen LogP contribution is 2.39. The van der Waals surface area contributed by atoms with Crippen molar-refractivity contribution in [2.45, 2.75) is 77.7 Å². The van der Waals surface area contributed by atoms with Crippen LogP contribution in [-0.2, 0) is 52.9 Å². The second-order valence-electron chi connectivity index (χ2n) is 14.5. The van der Waals surface area contributed by atoms with Crippen molar-refractivity contribution < 1.29 is 29.4 Å². The minimum Gasteiger partial charge on any atom is -0.480 e. The molecule has 3 aliphatic carbocycles. The summed E-state index contributed by atoms with van der Waals surface area (Å²) in [6.45, 7) is 5.86. The zero-order chi connectivity index (χ0) is 37.2. The first kappa shape index (κ1) is 36.6. The van der Waals surface area contributed by atoms with E-state index in [9.17, 15) is 29.4 Å². The SMILES string of the molecule is CC(C)=Cc1c(C)cccc1C(=O)NC1(C(=O)O)Cc2ccc(Cl)cc2C1.O=C(O)C1(C(=O)Nc2cccc3c2CCCC3)Cc2ccccc2C1. The van der Waals surface area contributed by atoms with Crippen molar-refractivity contribution in [2.75, 3.05) is 5.32 Å². The zero-order valence-electron chi connectivity index (χ0n) is 29.6. The smallest absolute Gasteiger partial charge is 0.330 e. The van der Waals surface area contributed by atoms with E-state index >= 15 is 0 Å². The molecule has 4 aromatic carbocycles. The minimum absolute atomic E-state index is 0.216. The summed E-state index contributed by atoms with van der Waals surface area (Å²) in [4.78, 5) is 50.3. The van der Waals surface area contributed by atoms with E-state index < -0.39 is 28.8 Å². The molecule has 9 heteroatoms. The van der Waals surface area contributed by atoms with Crippen molar-refractivity contribution in [1.82, 2.24) is 5.32 Å². The van der Waals surface area contributed by atoms with Gasteiger partial charge in [0, 0.05) is 29.1 Å². The first-order chi connectivity index (χ1) is 24.8. The average molecular weight is 719 g/mol. The van der Waals surface area contributed by atoms with Gasteiger partial charge in [0.05, 0.1) is 0 Å². The molecule has 0 saturated heterocycles. The fourth-order valence-electron chi connectivity index (χ4n) is 7.75. The number of hydrogen-bond donors (Lipinski definition) is 4. The number of hydrogen-bond acceptors (Lipinski definition) is 4. The summed E-state index contributed by atoms with van der Waals surface area (Å²) in [6.07, 6.45) is 7.13. The molecule has 2 amide bonds. The Bertz CT molecular complexity index is 2090. The van der Waals surface area contributed by atoms with Crippen LogP contribution in [0.15, 0.2) is 84.4 Å². The third-order valence-corrected chi connectivity index (χ3v) is 10.7. The van der Waals surface area contributed by atoms with E-state index in [-0.39, 0.29) is 31.6 Å². The number of benzene rings is 4. The Kier molecular flexibility index (Phi) is 10.4. The summed E-state index contributed by atoms with van der Waals surface area (Å²) in [6, 6.07) is 24.4. The molecule has 8 nitrogen and oxygen atoms in total. The van der Waals surface area contributed by atoms with Crippen LogP contribution in [0.5, 0.6) is 0 Å². The molecule has 1 atom stereocenters. The molecule has 268 valence electrons. The Morgan fingerprint density at radius 3 is 2.04 bits per heavy atom. The quantitative estimate of drug-likeness (QED) is 0.144. The summed E-state index contributed by atoms with van der Waals surface area (Å²) in [5.41, 5.74) is 7.42. The molecule has 7 rings (SSSR count). The summed E-state index contributed by atoms with van der Waals surface area (Å²) in [5.74, 6) is -2.88. The molecule has 4 N–H and O–H groups in total. The summed E-state index contributed by atoms with van der Waals surface area (Å²) in [5, 5.41) is 26.1. The predicted octanol–water partition coefficient (Wildman–Crippen LogP) is 7.80. The molecule has 4 aromatic rings. The number of aryl methyl sites for hydroxylation is 2. The second-order valence-corrected chi connectivity index (χ2v) is 14.9. The van der Waals surface area contributed by atoms with Gasteiger partial charge in [-0.05, 0) is 128 Å². The number of carboxylic acid groups (broad SMARTS) is 2. The van der Waals surface area contributed by atoms with Crippen molar-refractivity contribution in [3.63, 3.8) is 0 Å². The standard InChI is InChI=1S/C22H22ClNO3.C21H21NO3/c1-13(2)9-19-14(3)5-4-6-18(19)20(25)24-22(21(26)27)11-15-7-8-17(23)10-16(15)12-22;23-19(22-18-11-5-9-14-6-3-4-10-17(14)18)21(20(24)25)12-15-7-1-2-8-16(15)13-21/h4-10H,11-12H2,1-3H3,(H,24,25)(H,26,27);1-2,5,7-9,11H,3-4,6,10,12-13H2,(H,22,23)(H,24,25). The average Bonchev–Trinajstić information content (AvgIpc) is 3.69. The highest BCUT2D eigenvalue weighted by molar-refractivity contribution is 6.30. The third kappa shape index (κ3) is 7.26. The molecule has 0 heterocycles. The second kappa shape index (κ2) is 14.8. The van der Waals surface area contributed by atoms with Gasteiger partial charge in [0.1, 0.15) is 5.54 Å². The van der Waals surface area contributed by atoms with E-state index in [1.54, 1.807) is 18.2 Å². The van der Waals surface area contributed by atoms with E-state index in [1.165, 1.54) is 12.0 Å². The monoisotopic (exact) mass is 718 g/mol. The first-order valence-corrected chi connectivity index (χ1v) is 18.0. The molecule has 3 aliphatic rings. The Morgan fingerprint density at radius 1 is 0.731 bits per heavy atom. The number of fused-ring (bicyclic) bond motifs is 3. The van der Waals surface area contributed by atoms with Gasteiger partial charge >= 0.3 is 11.9 Å². The Balaban J connectivity index is 0.000000179. The zero-order valence-corrected chi connectivity index (χ0v) is 30.4. The van der Waals surface area contributed by atoms with Crippen LogP contribution in [0.25, 0.3) is 6.08 Å². The van der Waals surface area contributed by atoms with E-state index in [4.69, 9.17) is 11.6 Å². The number of aliphatic carboxylic acids is 2. The molecule has 52 heavy (non-hydrogen) atoms. The van der Waals surface area contributed by atoms with E-state index in [2.05, 4.69) is 16.7 Å². The van der Waals surface area contributed by atoms with Crippen LogP contribution in [0, 0.1) is 12.3 Å². The molecule has 0 spiro atoms. The fourth-order valence-corrected chi connectivity index (χ4v) is 7.94. The number of rotatable bonds is 7. The summed E-state index contributed by atoms with van der Waals surface area (Å²) < 4.78 is 0. The van der Waals surface area contributed by atoms with Crippen LogP contribution in [0.2, 0.25) is 5.02 Å². The number of carbonyl (C=O) groups excluding carboxylic acids is 2. The number of halogens is 1. The molecule has 0 aromatic heterocycles. The lowest BCUT2D eigenvalue weighted by Crippen LogP contribution is -2.55. The maximum Gasteiger partial charge on any atom is 0.330 e. The number of anilines is 1. The molecule has 0 radical (unpaired) electrons. The van der Waals surface area contributed by atoms with Gasteiger partial charge < -0.3 is 20.8 Å². The van der Waals surface area contributed by atoms with Crippen LogP contribution in [0.1, 0.15) is 81.6 Å². The van der Waals surface area contributed by atoms with Gasteiger partial charge in [0.2, 0.25) is 5.91 Å². The summed E-state index contributed by atoms with van der Waals surface area (Å²) in [7, 11) is 0. The van der Waals surface area contributed by atoms with Gasteiger partial charge in [0.25, 0.3) is 5.91 Å². The lowest BCUT2D eigenvalue weighted by Gasteiger charge is -2.26. The highest BCUT2D eigenvalue weighted by Gasteiger charge is 2.51. The normalized spacial score (nSPS) is 17.7. The number of amides is 2. The molecular formula is C43H43ClN2O6. The maximum atomic E-state index is 13.1. The third-order valence-electron chi connectivity index (χ3n) is 10.5. The van der Waals surface area contributed by atoms with Gasteiger partial charge in [-0.1, -0.05) is 77.8 Å². The molecule has 0 fully saturated rings. The van der Waals surface area contributed by atoms with Crippen molar-refractivity contribution in [2.24, 2.45) is 5.41 Å². The Hall–Kier alpha value is -5.21. The Morgan fingerprint density at radius 2 is 1.37 bits per heavy atom. The van der Waals surface area contributed by atoms with Crippen LogP contribution in [0.4, 0.5) is 5.69 Å². The van der Waals surface area contributed by atoms with E-state index in [1.807, 2.05) is 81.4 Å². The maximum absolute atomic E-state index is 13.1. The number of carbonyl (C=O) groups is 4. The molecule has 0 bridgehead atoms. The lowest BCUT2D eigenvalue weighted by atomic mass is 9.83. The molecule has 1 unspecified atom stereocenters. The number of nitrogens with one attached hydrogen (secondary N) is 2. The number of allylic oxidation sites excluding steroid dienone is 1. The van der Waals surface area contributed by atoms with Gasteiger partial charge in [-0.2, -0.15) is 0 Å². The van der Waals surface area contributed by atoms with Crippen molar-refractivity contribution in [1.29, 1.82) is 0 Å². The minimum atomic E-state index is -1.42.